The summed E-state index contributed by atoms with van der Waals surface area (Å²) in [6, 6.07) is 10.7. The molecule has 0 aromatic heterocycles. The predicted octanol–water partition coefficient (Wildman–Crippen LogP) is 5.15. The van der Waals surface area contributed by atoms with Crippen LogP contribution in [0.15, 0.2) is 30.3 Å². The van der Waals surface area contributed by atoms with E-state index in [0.717, 1.165) is 12.7 Å². The average Bonchev–Trinajstić information content (AvgIpc) is 2.29. The summed E-state index contributed by atoms with van der Waals surface area (Å²) in [5, 5.41) is 0. The minimum absolute atomic E-state index is 0.177. The summed E-state index contributed by atoms with van der Waals surface area (Å²) in [4.78, 5) is 0. The fraction of sp³-hybridized carbons (Fsp3) is 0.538. The Balaban J connectivity index is 1.93. The van der Waals surface area contributed by atoms with Gasteiger partial charge in [-0.25, -0.2) is 0 Å². The van der Waals surface area contributed by atoms with Crippen molar-refractivity contribution in [3.05, 3.63) is 35.9 Å². The van der Waals surface area contributed by atoms with E-state index in [1.807, 2.05) is 0 Å². The molecule has 0 saturated heterocycles. The summed E-state index contributed by atoms with van der Waals surface area (Å²) < 4.78 is 0. The molecule has 0 N–H and O–H groups in total. The van der Waals surface area contributed by atoms with Crippen LogP contribution >= 0.6 is 22.9 Å². The molecule has 0 radical (unpaired) electrons. The Labute approximate surface area is 109 Å². The number of rotatable bonds is 8. The topological polar surface area (TPSA) is 0 Å². The molecule has 1 rings (SSSR count). The van der Waals surface area contributed by atoms with E-state index >= 15 is 0 Å². The van der Waals surface area contributed by atoms with Crippen LogP contribution in [0.3, 0.4) is 0 Å². The van der Waals surface area contributed by atoms with Crippen LogP contribution in [0.5, 0.6) is 0 Å². The maximum atomic E-state index is 5.66. The second-order valence-electron chi connectivity index (χ2n) is 4.18. The van der Waals surface area contributed by atoms with E-state index in [0.29, 0.717) is 0 Å². The molecular weight excluding hydrogens is 238 g/mol. The normalized spacial score (nSPS) is 10.4. The Morgan fingerprint density at radius 2 is 1.44 bits per heavy atom. The van der Waals surface area contributed by atoms with Crippen LogP contribution in [0.25, 0.3) is 0 Å². The van der Waals surface area contributed by atoms with Crippen molar-refractivity contribution >= 4 is 28.5 Å². The van der Waals surface area contributed by atoms with Crippen LogP contribution in [-0.2, 0) is 6.42 Å². The molecular formula is C13H19BCl2. The van der Waals surface area contributed by atoms with E-state index in [1.165, 1.54) is 37.7 Å². The molecule has 1 aromatic rings. The minimum atomic E-state index is -0.177. The van der Waals surface area contributed by atoms with Gasteiger partial charge in [-0.05, 0) is 24.7 Å². The van der Waals surface area contributed by atoms with Crippen molar-refractivity contribution in [3.8, 4) is 0 Å². The van der Waals surface area contributed by atoms with Crippen molar-refractivity contribution in [2.75, 3.05) is 0 Å². The number of aryl methyl sites for hydroxylation is 1. The second kappa shape index (κ2) is 8.95. The van der Waals surface area contributed by atoms with Gasteiger partial charge in [0.25, 0.3) is 0 Å². The van der Waals surface area contributed by atoms with Crippen molar-refractivity contribution < 1.29 is 0 Å². The van der Waals surface area contributed by atoms with Crippen LogP contribution in [-0.4, -0.2) is 5.54 Å². The summed E-state index contributed by atoms with van der Waals surface area (Å²) in [5.41, 5.74) is 1.27. The quantitative estimate of drug-likeness (QED) is 0.446. The standard InChI is InChI=1S/C13H19BCl2/c15-14(16)12-8-3-1-2-5-9-13-10-6-4-7-11-13/h4,6-7,10-11H,1-3,5,8-9,12H2. The van der Waals surface area contributed by atoms with Crippen LogP contribution in [0.1, 0.15) is 37.7 Å². The smallest absolute Gasteiger partial charge is 0.172 e. The first-order chi connectivity index (χ1) is 7.79. The van der Waals surface area contributed by atoms with Gasteiger partial charge in [0.05, 0.1) is 0 Å². The first-order valence-electron chi connectivity index (χ1n) is 6.11. The van der Waals surface area contributed by atoms with Gasteiger partial charge in [0, 0.05) is 0 Å². The molecule has 88 valence electrons. The van der Waals surface area contributed by atoms with Crippen LogP contribution in [0.2, 0.25) is 6.32 Å². The summed E-state index contributed by atoms with van der Waals surface area (Å²) in [6.45, 7) is 0. The lowest BCUT2D eigenvalue weighted by atomic mass is 9.95. The highest BCUT2D eigenvalue weighted by molar-refractivity contribution is 7.33. The maximum Gasteiger partial charge on any atom is 0.351 e. The Morgan fingerprint density at radius 1 is 0.812 bits per heavy atom. The Bertz CT molecular complexity index is 262. The van der Waals surface area contributed by atoms with E-state index < -0.39 is 0 Å². The molecule has 0 amide bonds. The summed E-state index contributed by atoms with van der Waals surface area (Å²) in [5.74, 6) is 0. The molecule has 0 atom stereocenters. The lowest BCUT2D eigenvalue weighted by molar-refractivity contribution is 0.631. The number of hydrogen-bond acceptors (Lipinski definition) is 0. The fourth-order valence-corrected chi connectivity index (χ4v) is 2.11. The molecule has 0 bridgehead atoms. The van der Waals surface area contributed by atoms with Crippen molar-refractivity contribution in [3.63, 3.8) is 0 Å². The van der Waals surface area contributed by atoms with Gasteiger partial charge in [0.2, 0.25) is 0 Å². The lowest BCUT2D eigenvalue weighted by Gasteiger charge is -2.02. The summed E-state index contributed by atoms with van der Waals surface area (Å²) in [7, 11) is 0. The van der Waals surface area contributed by atoms with Crippen LogP contribution in [0, 0.1) is 0 Å². The zero-order chi connectivity index (χ0) is 11.6. The third-order valence-corrected chi connectivity index (χ3v) is 3.17. The monoisotopic (exact) mass is 256 g/mol. The molecule has 0 aliphatic carbocycles. The average molecular weight is 257 g/mol. The van der Waals surface area contributed by atoms with Gasteiger partial charge >= 0.3 is 5.54 Å². The number of benzene rings is 1. The molecule has 0 spiro atoms. The Kier molecular flexibility index (Phi) is 7.79. The SMILES string of the molecule is ClB(Cl)CCCCCCCc1ccccc1. The maximum absolute atomic E-state index is 5.66. The minimum Gasteiger partial charge on any atom is -0.172 e. The summed E-state index contributed by atoms with van der Waals surface area (Å²) in [6.07, 6.45) is 8.44. The first kappa shape index (κ1) is 13.9. The molecule has 3 heteroatoms. The zero-order valence-corrected chi connectivity index (χ0v) is 11.2. The highest BCUT2D eigenvalue weighted by atomic mass is 35.5. The molecule has 1 aromatic carbocycles. The van der Waals surface area contributed by atoms with E-state index in [1.54, 1.807) is 0 Å². The molecule has 0 unspecified atom stereocenters. The molecule has 0 heterocycles. The van der Waals surface area contributed by atoms with Crippen molar-refractivity contribution in [1.29, 1.82) is 0 Å². The van der Waals surface area contributed by atoms with Crippen molar-refractivity contribution in [2.24, 2.45) is 0 Å². The van der Waals surface area contributed by atoms with Crippen molar-refractivity contribution in [1.82, 2.24) is 0 Å². The fourth-order valence-electron chi connectivity index (χ4n) is 1.80. The van der Waals surface area contributed by atoms with Gasteiger partial charge in [-0.1, -0.05) is 56.0 Å². The highest BCUT2D eigenvalue weighted by Crippen LogP contribution is 2.13. The van der Waals surface area contributed by atoms with Crippen molar-refractivity contribution in [2.45, 2.75) is 44.8 Å². The molecule has 0 fully saturated rings. The Hall–Kier alpha value is -0.135. The highest BCUT2D eigenvalue weighted by Gasteiger charge is 2.03. The lowest BCUT2D eigenvalue weighted by Crippen LogP contribution is -1.91. The molecule has 16 heavy (non-hydrogen) atoms. The van der Waals surface area contributed by atoms with Gasteiger partial charge in [0.1, 0.15) is 0 Å². The van der Waals surface area contributed by atoms with Crippen LogP contribution in [0.4, 0.5) is 0 Å². The molecule has 0 aliphatic heterocycles. The van der Waals surface area contributed by atoms with Gasteiger partial charge in [-0.2, -0.15) is 22.9 Å². The van der Waals surface area contributed by atoms with E-state index in [2.05, 4.69) is 30.3 Å². The summed E-state index contributed by atoms with van der Waals surface area (Å²) >= 11 is 11.3. The van der Waals surface area contributed by atoms with E-state index in [9.17, 15) is 0 Å². The first-order valence-corrected chi connectivity index (χ1v) is 6.98. The third-order valence-electron chi connectivity index (χ3n) is 2.73. The van der Waals surface area contributed by atoms with E-state index in [4.69, 9.17) is 22.9 Å². The van der Waals surface area contributed by atoms with E-state index in [-0.39, 0.29) is 5.54 Å². The molecule has 0 nitrogen and oxygen atoms in total. The van der Waals surface area contributed by atoms with Gasteiger partial charge in [0.15, 0.2) is 0 Å². The zero-order valence-electron chi connectivity index (χ0n) is 9.67. The predicted molar refractivity (Wildman–Crippen MR) is 75.5 cm³/mol. The van der Waals surface area contributed by atoms with Gasteiger partial charge in [-0.15, -0.1) is 0 Å². The Morgan fingerprint density at radius 3 is 2.12 bits per heavy atom. The molecule has 0 aliphatic rings. The van der Waals surface area contributed by atoms with Crippen LogP contribution < -0.4 is 0 Å². The van der Waals surface area contributed by atoms with Gasteiger partial charge < -0.3 is 0 Å². The number of halogens is 2. The molecule has 0 saturated carbocycles. The number of unbranched alkanes of at least 4 members (excludes halogenated alkanes) is 4. The van der Waals surface area contributed by atoms with Gasteiger partial charge in [-0.3, -0.25) is 0 Å². The number of hydrogen-bond donors (Lipinski definition) is 0. The largest absolute Gasteiger partial charge is 0.351 e. The second-order valence-corrected chi connectivity index (χ2v) is 5.46. The third kappa shape index (κ3) is 7.19.